The fourth-order valence-corrected chi connectivity index (χ4v) is 3.55. The van der Waals surface area contributed by atoms with Gasteiger partial charge in [0.05, 0.1) is 19.3 Å². The Hall–Kier alpha value is -2.71. The van der Waals surface area contributed by atoms with Crippen molar-refractivity contribution >= 4 is 5.91 Å². The Bertz CT molecular complexity index is 886. The smallest absolute Gasteiger partial charge is 0.255 e. The maximum Gasteiger partial charge on any atom is 0.255 e. The molecule has 1 fully saturated rings. The lowest BCUT2D eigenvalue weighted by molar-refractivity contribution is 0.0878. The third-order valence-corrected chi connectivity index (χ3v) is 5.28. The molecule has 1 aliphatic heterocycles. The summed E-state index contributed by atoms with van der Waals surface area (Å²) in [5, 5.41) is 2.80. The lowest BCUT2D eigenvalue weighted by atomic mass is 10.1. The Morgan fingerprint density at radius 3 is 2.65 bits per heavy atom. The van der Waals surface area contributed by atoms with E-state index in [9.17, 15) is 13.6 Å². The highest BCUT2D eigenvalue weighted by atomic mass is 19.2. The monoisotopic (exact) mass is 434 g/mol. The van der Waals surface area contributed by atoms with E-state index in [1.165, 1.54) is 6.07 Å². The van der Waals surface area contributed by atoms with Crippen LogP contribution in [0.5, 0.6) is 11.5 Å². The fraction of sp³-hybridized carbons (Fsp3) is 0.435. The number of ether oxygens (including phenoxy) is 3. The summed E-state index contributed by atoms with van der Waals surface area (Å²) in [5.74, 6) is -0.800. The molecule has 6 nitrogen and oxygen atoms in total. The van der Waals surface area contributed by atoms with Gasteiger partial charge in [-0.3, -0.25) is 9.69 Å². The lowest BCUT2D eigenvalue weighted by Gasteiger charge is -2.32. The number of hydrogen-bond donors (Lipinski definition) is 1. The number of rotatable bonds is 9. The Balaban J connectivity index is 1.61. The van der Waals surface area contributed by atoms with Gasteiger partial charge in [0, 0.05) is 44.9 Å². The van der Waals surface area contributed by atoms with Gasteiger partial charge in [-0.2, -0.15) is 0 Å². The van der Waals surface area contributed by atoms with E-state index >= 15 is 0 Å². The summed E-state index contributed by atoms with van der Waals surface area (Å²) in [6, 6.07) is 9.35. The van der Waals surface area contributed by atoms with E-state index in [4.69, 9.17) is 14.2 Å². The maximum absolute atomic E-state index is 13.9. The number of amides is 1. The van der Waals surface area contributed by atoms with E-state index in [1.54, 1.807) is 38.5 Å². The molecule has 1 N–H and O–H groups in total. The van der Waals surface area contributed by atoms with Gasteiger partial charge in [0.1, 0.15) is 17.6 Å². The molecule has 2 aromatic rings. The minimum Gasteiger partial charge on any atom is -0.497 e. The van der Waals surface area contributed by atoms with E-state index in [0.717, 1.165) is 6.07 Å². The molecule has 1 aliphatic rings. The van der Waals surface area contributed by atoms with Crippen molar-refractivity contribution in [2.24, 2.45) is 0 Å². The highest BCUT2D eigenvalue weighted by molar-refractivity contribution is 5.97. The zero-order valence-corrected chi connectivity index (χ0v) is 17.8. The van der Waals surface area contributed by atoms with Crippen molar-refractivity contribution < 1.29 is 27.8 Å². The molecule has 1 heterocycles. The number of nitrogens with zero attached hydrogens (tertiary/aromatic N) is 1. The largest absolute Gasteiger partial charge is 0.497 e. The van der Waals surface area contributed by atoms with E-state index in [1.807, 2.05) is 0 Å². The molecule has 8 heteroatoms. The van der Waals surface area contributed by atoms with Gasteiger partial charge in [-0.1, -0.05) is 12.1 Å². The number of piperidine rings is 1. The van der Waals surface area contributed by atoms with Gasteiger partial charge in [-0.25, -0.2) is 8.78 Å². The summed E-state index contributed by atoms with van der Waals surface area (Å²) < 4.78 is 43.8. The highest BCUT2D eigenvalue weighted by Gasteiger charge is 2.24. The zero-order chi connectivity index (χ0) is 22.2. The van der Waals surface area contributed by atoms with Crippen LogP contribution in [0.3, 0.4) is 0 Å². The van der Waals surface area contributed by atoms with Crippen LogP contribution in [0, 0.1) is 11.6 Å². The van der Waals surface area contributed by atoms with Gasteiger partial charge in [-0.05, 0) is 31.0 Å². The number of benzene rings is 2. The van der Waals surface area contributed by atoms with E-state index in [0.29, 0.717) is 68.3 Å². The first-order valence-corrected chi connectivity index (χ1v) is 10.3. The first kappa shape index (κ1) is 23.0. The van der Waals surface area contributed by atoms with Crippen LogP contribution in [0.15, 0.2) is 36.4 Å². The Morgan fingerprint density at radius 1 is 1.16 bits per heavy atom. The van der Waals surface area contributed by atoms with Crippen LogP contribution in [0.25, 0.3) is 0 Å². The predicted molar refractivity (Wildman–Crippen MR) is 112 cm³/mol. The van der Waals surface area contributed by atoms with Crippen molar-refractivity contribution in [3.05, 3.63) is 59.2 Å². The molecule has 2 aromatic carbocycles. The number of halogens is 2. The van der Waals surface area contributed by atoms with Crippen LogP contribution < -0.4 is 14.8 Å². The topological polar surface area (TPSA) is 60.0 Å². The van der Waals surface area contributed by atoms with Gasteiger partial charge in [0.15, 0.2) is 11.6 Å². The van der Waals surface area contributed by atoms with E-state index in [-0.39, 0.29) is 12.0 Å². The highest BCUT2D eigenvalue weighted by Crippen LogP contribution is 2.28. The molecular weight excluding hydrogens is 406 g/mol. The molecule has 1 amide bonds. The number of hydrogen-bond acceptors (Lipinski definition) is 5. The van der Waals surface area contributed by atoms with Gasteiger partial charge in [0.25, 0.3) is 5.91 Å². The maximum atomic E-state index is 13.9. The number of likely N-dealkylation sites (tertiary alicyclic amines) is 1. The molecule has 0 saturated carbocycles. The molecular formula is C23H28F2N2O4. The van der Waals surface area contributed by atoms with Crippen molar-refractivity contribution in [3.63, 3.8) is 0 Å². The average molecular weight is 434 g/mol. The third kappa shape index (κ3) is 6.15. The molecule has 31 heavy (non-hydrogen) atoms. The zero-order valence-electron chi connectivity index (χ0n) is 17.8. The Kier molecular flexibility index (Phi) is 8.20. The van der Waals surface area contributed by atoms with Gasteiger partial charge in [0.2, 0.25) is 0 Å². The summed E-state index contributed by atoms with van der Waals surface area (Å²) in [6.45, 7) is 2.53. The molecule has 0 radical (unpaired) electrons. The normalized spacial score (nSPS) is 15.0. The molecule has 3 rings (SSSR count). The van der Waals surface area contributed by atoms with Gasteiger partial charge in [-0.15, -0.1) is 0 Å². The number of nitrogens with one attached hydrogen (secondary N) is 1. The molecule has 0 aromatic heterocycles. The van der Waals surface area contributed by atoms with Crippen LogP contribution in [-0.2, 0) is 11.3 Å². The average Bonchev–Trinajstić information content (AvgIpc) is 2.78. The van der Waals surface area contributed by atoms with Crippen LogP contribution in [0.1, 0.15) is 28.8 Å². The van der Waals surface area contributed by atoms with Crippen LogP contribution >= 0.6 is 0 Å². The third-order valence-electron chi connectivity index (χ3n) is 5.28. The first-order valence-electron chi connectivity index (χ1n) is 10.3. The summed E-state index contributed by atoms with van der Waals surface area (Å²) in [5.41, 5.74) is 0.781. The second-order valence-electron chi connectivity index (χ2n) is 7.42. The predicted octanol–water partition coefficient (Wildman–Crippen LogP) is 3.39. The SMILES string of the molecule is COCCNC(=O)c1ccc(OC)cc1OC1CCN(Cc2cccc(F)c2F)CC1. The van der Waals surface area contributed by atoms with Crippen molar-refractivity contribution in [1.29, 1.82) is 0 Å². The molecule has 1 saturated heterocycles. The van der Waals surface area contributed by atoms with Gasteiger partial charge < -0.3 is 19.5 Å². The van der Waals surface area contributed by atoms with Crippen LogP contribution in [0.2, 0.25) is 0 Å². The standard InChI is InChI=1S/C23H28F2N2O4/c1-29-13-10-26-23(28)19-7-6-18(30-2)14-21(19)31-17-8-11-27(12-9-17)15-16-4-3-5-20(24)22(16)25/h3-7,14,17H,8-13,15H2,1-2H3,(H,26,28). The molecule has 0 bridgehead atoms. The first-order chi connectivity index (χ1) is 15.0. The molecule has 0 spiro atoms. The van der Waals surface area contributed by atoms with E-state index in [2.05, 4.69) is 10.2 Å². The molecule has 0 atom stereocenters. The quantitative estimate of drug-likeness (QED) is 0.613. The number of carbonyl (C=O) groups excluding carboxylic acids is 1. The number of methoxy groups -OCH3 is 2. The summed E-state index contributed by atoms with van der Waals surface area (Å²) in [4.78, 5) is 14.6. The molecule has 168 valence electrons. The van der Waals surface area contributed by atoms with E-state index < -0.39 is 11.6 Å². The second kappa shape index (κ2) is 11.1. The van der Waals surface area contributed by atoms with Crippen molar-refractivity contribution in [3.8, 4) is 11.5 Å². The summed E-state index contributed by atoms with van der Waals surface area (Å²) >= 11 is 0. The molecule has 0 unspecified atom stereocenters. The number of carbonyl (C=O) groups is 1. The minimum atomic E-state index is -0.829. The molecule has 0 aliphatic carbocycles. The Morgan fingerprint density at radius 2 is 1.94 bits per heavy atom. The van der Waals surface area contributed by atoms with Crippen LogP contribution in [-0.4, -0.2) is 57.4 Å². The van der Waals surface area contributed by atoms with Crippen LogP contribution in [0.4, 0.5) is 8.78 Å². The Labute approximate surface area is 181 Å². The second-order valence-corrected chi connectivity index (χ2v) is 7.42. The fourth-order valence-electron chi connectivity index (χ4n) is 3.55. The summed E-state index contributed by atoms with van der Waals surface area (Å²) in [6.07, 6.45) is 1.32. The lowest BCUT2D eigenvalue weighted by Crippen LogP contribution is -2.38. The van der Waals surface area contributed by atoms with Crippen molar-refractivity contribution in [2.45, 2.75) is 25.5 Å². The van der Waals surface area contributed by atoms with Crippen molar-refractivity contribution in [1.82, 2.24) is 10.2 Å². The summed E-state index contributed by atoms with van der Waals surface area (Å²) in [7, 11) is 3.13. The minimum absolute atomic E-state index is 0.0914. The van der Waals surface area contributed by atoms with Crippen molar-refractivity contribution in [2.75, 3.05) is 40.5 Å². The van der Waals surface area contributed by atoms with Gasteiger partial charge >= 0.3 is 0 Å².